The van der Waals surface area contributed by atoms with Gasteiger partial charge in [0.05, 0.1) is 10.6 Å². The maximum atomic E-state index is 12.1. The third-order valence-corrected chi connectivity index (χ3v) is 3.21. The molecule has 3 nitrogen and oxygen atoms in total. The molecule has 0 bridgehead atoms. The van der Waals surface area contributed by atoms with Crippen LogP contribution < -0.4 is 5.32 Å². The number of amides is 1. The number of anilines is 1. The van der Waals surface area contributed by atoms with E-state index in [-0.39, 0.29) is 11.7 Å². The maximum absolute atomic E-state index is 12.1. The van der Waals surface area contributed by atoms with Crippen LogP contribution in [0.1, 0.15) is 33.2 Å². The van der Waals surface area contributed by atoms with Gasteiger partial charge in [-0.1, -0.05) is 29.8 Å². The lowest BCUT2D eigenvalue weighted by atomic mass is 10.1. The summed E-state index contributed by atoms with van der Waals surface area (Å²) >= 11 is 6.06. The summed E-state index contributed by atoms with van der Waals surface area (Å²) in [6, 6.07) is 12.0. The summed E-state index contributed by atoms with van der Waals surface area (Å²) in [6.07, 6.45) is 0. The Kier molecular flexibility index (Phi) is 4.20. The Morgan fingerprint density at radius 1 is 1.10 bits per heavy atom. The highest BCUT2D eigenvalue weighted by atomic mass is 35.5. The normalized spacial score (nSPS) is 10.2. The number of benzene rings is 2. The van der Waals surface area contributed by atoms with Crippen molar-refractivity contribution in [3.63, 3.8) is 0 Å². The van der Waals surface area contributed by atoms with Crippen molar-refractivity contribution in [2.75, 3.05) is 5.32 Å². The van der Waals surface area contributed by atoms with Crippen molar-refractivity contribution in [3.05, 3.63) is 64.2 Å². The number of nitrogens with one attached hydrogen (secondary N) is 1. The Morgan fingerprint density at radius 2 is 1.85 bits per heavy atom. The van der Waals surface area contributed by atoms with Gasteiger partial charge in [-0.25, -0.2) is 0 Å². The van der Waals surface area contributed by atoms with Crippen molar-refractivity contribution in [1.82, 2.24) is 0 Å². The van der Waals surface area contributed by atoms with Crippen molar-refractivity contribution in [2.24, 2.45) is 0 Å². The van der Waals surface area contributed by atoms with E-state index in [1.165, 1.54) is 6.92 Å². The predicted octanol–water partition coefficient (Wildman–Crippen LogP) is 4.10. The zero-order valence-electron chi connectivity index (χ0n) is 11.2. The number of hydrogen-bond acceptors (Lipinski definition) is 2. The SMILES string of the molecule is CC(=O)c1cccc(NC(=O)c2ccc(C)cc2Cl)c1. The van der Waals surface area contributed by atoms with E-state index < -0.39 is 0 Å². The molecule has 0 heterocycles. The molecule has 0 unspecified atom stereocenters. The van der Waals surface area contributed by atoms with E-state index in [9.17, 15) is 9.59 Å². The summed E-state index contributed by atoms with van der Waals surface area (Å²) in [7, 11) is 0. The summed E-state index contributed by atoms with van der Waals surface area (Å²) in [5.74, 6) is -0.342. The first-order valence-corrected chi connectivity index (χ1v) is 6.53. The maximum Gasteiger partial charge on any atom is 0.257 e. The van der Waals surface area contributed by atoms with Crippen molar-refractivity contribution in [1.29, 1.82) is 0 Å². The van der Waals surface area contributed by atoms with Crippen LogP contribution in [0.5, 0.6) is 0 Å². The van der Waals surface area contributed by atoms with Gasteiger partial charge >= 0.3 is 0 Å². The van der Waals surface area contributed by atoms with Gasteiger partial charge < -0.3 is 5.32 Å². The second kappa shape index (κ2) is 5.88. The van der Waals surface area contributed by atoms with Crippen LogP contribution in [-0.2, 0) is 0 Å². The summed E-state index contributed by atoms with van der Waals surface area (Å²) in [5.41, 5.74) is 2.52. The smallest absolute Gasteiger partial charge is 0.257 e. The minimum absolute atomic E-state index is 0.0468. The Morgan fingerprint density at radius 3 is 2.50 bits per heavy atom. The molecule has 0 atom stereocenters. The van der Waals surface area contributed by atoms with Crippen molar-refractivity contribution >= 4 is 29.0 Å². The Bertz CT molecular complexity index is 680. The molecule has 2 rings (SSSR count). The highest BCUT2D eigenvalue weighted by Gasteiger charge is 2.11. The molecule has 0 saturated carbocycles. The van der Waals surface area contributed by atoms with Gasteiger partial charge in [-0.3, -0.25) is 9.59 Å². The van der Waals surface area contributed by atoms with E-state index in [1.807, 2.05) is 13.0 Å². The van der Waals surface area contributed by atoms with E-state index in [0.29, 0.717) is 21.8 Å². The third kappa shape index (κ3) is 3.25. The van der Waals surface area contributed by atoms with Crippen LogP contribution in [0, 0.1) is 6.92 Å². The number of halogens is 1. The third-order valence-electron chi connectivity index (χ3n) is 2.90. The second-order valence-corrected chi connectivity index (χ2v) is 4.98. The summed E-state index contributed by atoms with van der Waals surface area (Å²) in [6.45, 7) is 3.39. The lowest BCUT2D eigenvalue weighted by Crippen LogP contribution is -2.12. The second-order valence-electron chi connectivity index (χ2n) is 4.57. The first-order chi connectivity index (χ1) is 9.47. The molecule has 0 aliphatic rings. The largest absolute Gasteiger partial charge is 0.322 e. The zero-order valence-corrected chi connectivity index (χ0v) is 12.0. The molecule has 0 aliphatic carbocycles. The van der Waals surface area contributed by atoms with E-state index in [0.717, 1.165) is 5.56 Å². The van der Waals surface area contributed by atoms with E-state index in [2.05, 4.69) is 5.32 Å². The summed E-state index contributed by atoms with van der Waals surface area (Å²) < 4.78 is 0. The summed E-state index contributed by atoms with van der Waals surface area (Å²) in [5, 5.41) is 3.15. The van der Waals surface area contributed by atoms with E-state index >= 15 is 0 Å². The van der Waals surface area contributed by atoms with Crippen molar-refractivity contribution in [2.45, 2.75) is 13.8 Å². The predicted molar refractivity (Wildman–Crippen MR) is 80.6 cm³/mol. The molecule has 1 N–H and O–H groups in total. The minimum atomic E-state index is -0.296. The summed E-state index contributed by atoms with van der Waals surface area (Å²) in [4.78, 5) is 23.5. The Balaban J connectivity index is 2.23. The Hall–Kier alpha value is -2.13. The number of carbonyl (C=O) groups excluding carboxylic acids is 2. The van der Waals surface area contributed by atoms with Gasteiger partial charge in [0.1, 0.15) is 0 Å². The molecular formula is C16H14ClNO2. The average Bonchev–Trinajstić information content (AvgIpc) is 2.38. The van der Waals surface area contributed by atoms with Crippen LogP contribution in [0.25, 0.3) is 0 Å². The van der Waals surface area contributed by atoms with Crippen LogP contribution >= 0.6 is 11.6 Å². The number of ketones is 1. The molecule has 20 heavy (non-hydrogen) atoms. The topological polar surface area (TPSA) is 46.2 Å². The molecule has 0 aromatic heterocycles. The molecule has 4 heteroatoms. The molecular weight excluding hydrogens is 274 g/mol. The van der Waals surface area contributed by atoms with Gasteiger partial charge in [-0.2, -0.15) is 0 Å². The molecule has 0 radical (unpaired) electrons. The fourth-order valence-corrected chi connectivity index (χ4v) is 2.14. The van der Waals surface area contributed by atoms with Crippen LogP contribution in [0.2, 0.25) is 5.02 Å². The van der Waals surface area contributed by atoms with Crippen LogP contribution in [0.3, 0.4) is 0 Å². The van der Waals surface area contributed by atoms with Gasteiger partial charge in [-0.05, 0) is 43.7 Å². The lowest BCUT2D eigenvalue weighted by Gasteiger charge is -2.08. The molecule has 2 aromatic carbocycles. The molecule has 0 fully saturated rings. The monoisotopic (exact) mass is 287 g/mol. The highest BCUT2D eigenvalue weighted by Crippen LogP contribution is 2.19. The van der Waals surface area contributed by atoms with Crippen LogP contribution in [0.4, 0.5) is 5.69 Å². The van der Waals surface area contributed by atoms with Crippen molar-refractivity contribution in [3.8, 4) is 0 Å². The van der Waals surface area contributed by atoms with Gasteiger partial charge in [0.15, 0.2) is 5.78 Å². The van der Waals surface area contributed by atoms with Crippen molar-refractivity contribution < 1.29 is 9.59 Å². The van der Waals surface area contributed by atoms with E-state index in [1.54, 1.807) is 36.4 Å². The van der Waals surface area contributed by atoms with Gasteiger partial charge in [-0.15, -0.1) is 0 Å². The number of aryl methyl sites for hydroxylation is 1. The quantitative estimate of drug-likeness (QED) is 0.864. The number of Topliss-reactive ketones (excluding diaryl/α,β-unsaturated/α-hetero) is 1. The molecule has 0 aliphatic heterocycles. The molecule has 0 spiro atoms. The molecule has 102 valence electrons. The molecule has 0 saturated heterocycles. The van der Waals surface area contributed by atoms with E-state index in [4.69, 9.17) is 11.6 Å². The van der Waals surface area contributed by atoms with Gasteiger partial charge in [0.2, 0.25) is 0 Å². The van der Waals surface area contributed by atoms with Gasteiger partial charge in [0.25, 0.3) is 5.91 Å². The fraction of sp³-hybridized carbons (Fsp3) is 0.125. The first kappa shape index (κ1) is 14.3. The molecule has 1 amide bonds. The molecule has 2 aromatic rings. The first-order valence-electron chi connectivity index (χ1n) is 6.16. The van der Waals surface area contributed by atoms with Crippen LogP contribution in [0.15, 0.2) is 42.5 Å². The fourth-order valence-electron chi connectivity index (χ4n) is 1.82. The number of carbonyl (C=O) groups is 2. The Labute approximate surface area is 122 Å². The van der Waals surface area contributed by atoms with Gasteiger partial charge in [0, 0.05) is 11.3 Å². The highest BCUT2D eigenvalue weighted by molar-refractivity contribution is 6.34. The average molecular weight is 288 g/mol. The minimum Gasteiger partial charge on any atom is -0.322 e. The number of hydrogen-bond donors (Lipinski definition) is 1. The zero-order chi connectivity index (χ0) is 14.7. The lowest BCUT2D eigenvalue weighted by molar-refractivity contribution is 0.101. The van der Waals surface area contributed by atoms with Crippen LogP contribution in [-0.4, -0.2) is 11.7 Å². The number of rotatable bonds is 3. The standard InChI is InChI=1S/C16H14ClNO2/c1-10-6-7-14(15(17)8-10)16(20)18-13-5-3-4-12(9-13)11(2)19/h3-9H,1-2H3,(H,18,20).